The summed E-state index contributed by atoms with van der Waals surface area (Å²) < 4.78 is 6.45. The number of morpholine rings is 1. The van der Waals surface area contributed by atoms with Crippen molar-refractivity contribution in [3.8, 4) is 0 Å². The van der Waals surface area contributed by atoms with Gasteiger partial charge >= 0.3 is 0 Å². The Labute approximate surface area is 115 Å². The molecule has 0 radical (unpaired) electrons. The SMILES string of the molecule is O=C1C(CCCO)OCCN1c1ccc(Br)cc1. The average Bonchev–Trinajstić information content (AvgIpc) is 2.39. The van der Waals surface area contributed by atoms with Gasteiger partial charge in [0.1, 0.15) is 6.10 Å². The van der Waals surface area contributed by atoms with Crippen molar-refractivity contribution < 1.29 is 14.6 Å². The number of hydrogen-bond donors (Lipinski definition) is 1. The lowest BCUT2D eigenvalue weighted by Crippen LogP contribution is -2.48. The van der Waals surface area contributed by atoms with Crippen LogP contribution in [0.1, 0.15) is 12.8 Å². The molecule has 1 aromatic carbocycles. The van der Waals surface area contributed by atoms with Gasteiger partial charge in [-0.25, -0.2) is 0 Å². The van der Waals surface area contributed by atoms with Crippen LogP contribution in [0.15, 0.2) is 28.7 Å². The van der Waals surface area contributed by atoms with E-state index in [4.69, 9.17) is 9.84 Å². The van der Waals surface area contributed by atoms with Gasteiger partial charge < -0.3 is 14.7 Å². The van der Waals surface area contributed by atoms with E-state index in [2.05, 4.69) is 15.9 Å². The van der Waals surface area contributed by atoms with Crippen LogP contribution in [-0.2, 0) is 9.53 Å². The van der Waals surface area contributed by atoms with Gasteiger partial charge in [0.25, 0.3) is 5.91 Å². The third kappa shape index (κ3) is 3.10. The van der Waals surface area contributed by atoms with Gasteiger partial charge in [0, 0.05) is 23.3 Å². The van der Waals surface area contributed by atoms with E-state index in [1.54, 1.807) is 4.90 Å². The van der Waals surface area contributed by atoms with Crippen molar-refractivity contribution in [1.29, 1.82) is 0 Å². The molecular weight excluding hydrogens is 298 g/mol. The molecule has 0 bridgehead atoms. The minimum atomic E-state index is -0.422. The highest BCUT2D eigenvalue weighted by atomic mass is 79.9. The number of rotatable bonds is 4. The lowest BCUT2D eigenvalue weighted by Gasteiger charge is -2.32. The highest BCUT2D eigenvalue weighted by molar-refractivity contribution is 9.10. The molecule has 1 fully saturated rings. The van der Waals surface area contributed by atoms with E-state index in [0.29, 0.717) is 26.0 Å². The molecule has 1 aromatic rings. The van der Waals surface area contributed by atoms with E-state index in [0.717, 1.165) is 10.2 Å². The molecule has 2 rings (SSSR count). The molecule has 1 atom stereocenters. The van der Waals surface area contributed by atoms with Gasteiger partial charge in [-0.1, -0.05) is 15.9 Å². The number of benzene rings is 1. The molecule has 1 unspecified atom stereocenters. The van der Waals surface area contributed by atoms with Gasteiger partial charge in [0.05, 0.1) is 6.61 Å². The number of halogens is 1. The van der Waals surface area contributed by atoms with Gasteiger partial charge in [-0.05, 0) is 37.1 Å². The summed E-state index contributed by atoms with van der Waals surface area (Å²) in [5.41, 5.74) is 0.889. The molecular formula is C13H16BrNO3. The number of nitrogens with zero attached hydrogens (tertiary/aromatic N) is 1. The fraction of sp³-hybridized carbons (Fsp3) is 0.462. The largest absolute Gasteiger partial charge is 0.396 e. The number of hydrogen-bond acceptors (Lipinski definition) is 3. The second kappa shape index (κ2) is 6.31. The van der Waals surface area contributed by atoms with Crippen molar-refractivity contribution in [2.45, 2.75) is 18.9 Å². The summed E-state index contributed by atoms with van der Waals surface area (Å²) in [4.78, 5) is 14.0. The average molecular weight is 314 g/mol. The molecule has 1 N–H and O–H groups in total. The summed E-state index contributed by atoms with van der Waals surface area (Å²) in [6.45, 7) is 1.21. The zero-order valence-electron chi connectivity index (χ0n) is 10.0. The fourth-order valence-corrected chi connectivity index (χ4v) is 2.27. The minimum Gasteiger partial charge on any atom is -0.396 e. The molecule has 18 heavy (non-hydrogen) atoms. The van der Waals surface area contributed by atoms with Crippen LogP contribution in [0.2, 0.25) is 0 Å². The molecule has 0 saturated carbocycles. The molecule has 0 aromatic heterocycles. The van der Waals surface area contributed by atoms with E-state index < -0.39 is 6.10 Å². The molecule has 1 aliphatic rings. The van der Waals surface area contributed by atoms with Crippen LogP contribution in [0.3, 0.4) is 0 Å². The normalized spacial score (nSPS) is 20.2. The summed E-state index contributed by atoms with van der Waals surface area (Å²) >= 11 is 3.37. The zero-order chi connectivity index (χ0) is 13.0. The first-order valence-electron chi connectivity index (χ1n) is 6.02. The Morgan fingerprint density at radius 1 is 1.39 bits per heavy atom. The molecule has 1 heterocycles. The van der Waals surface area contributed by atoms with Gasteiger partial charge in [0.2, 0.25) is 0 Å². The van der Waals surface area contributed by atoms with Crippen LogP contribution < -0.4 is 4.90 Å². The topological polar surface area (TPSA) is 49.8 Å². The maximum atomic E-state index is 12.2. The van der Waals surface area contributed by atoms with Crippen LogP contribution in [0.25, 0.3) is 0 Å². The number of amides is 1. The second-order valence-corrected chi connectivity index (χ2v) is 5.11. The molecule has 1 saturated heterocycles. The van der Waals surface area contributed by atoms with Gasteiger partial charge in [0.15, 0.2) is 0 Å². The Morgan fingerprint density at radius 3 is 2.78 bits per heavy atom. The molecule has 5 heteroatoms. The van der Waals surface area contributed by atoms with Crippen LogP contribution in [0.4, 0.5) is 5.69 Å². The van der Waals surface area contributed by atoms with Crippen molar-refractivity contribution in [1.82, 2.24) is 0 Å². The predicted octanol–water partition coefficient (Wildman–Crippen LogP) is 1.95. The molecule has 98 valence electrons. The standard InChI is InChI=1S/C13H16BrNO3/c14-10-3-5-11(6-4-10)15-7-9-18-12(13(15)17)2-1-8-16/h3-6,12,16H,1-2,7-9H2. The Morgan fingerprint density at radius 2 is 2.11 bits per heavy atom. The Hall–Kier alpha value is -0.910. The van der Waals surface area contributed by atoms with E-state index in [9.17, 15) is 4.79 Å². The maximum Gasteiger partial charge on any atom is 0.256 e. The smallest absolute Gasteiger partial charge is 0.256 e. The first kappa shape index (κ1) is 13.5. The van der Waals surface area contributed by atoms with Crippen LogP contribution in [-0.4, -0.2) is 36.9 Å². The van der Waals surface area contributed by atoms with Crippen molar-refractivity contribution in [3.63, 3.8) is 0 Å². The molecule has 0 spiro atoms. The summed E-state index contributed by atoms with van der Waals surface area (Å²) in [6.07, 6.45) is 0.738. The molecule has 0 aliphatic carbocycles. The summed E-state index contributed by atoms with van der Waals surface area (Å²) in [6, 6.07) is 7.66. The third-order valence-corrected chi connectivity index (χ3v) is 3.47. The Bertz CT molecular complexity index is 407. The van der Waals surface area contributed by atoms with Crippen molar-refractivity contribution >= 4 is 27.5 Å². The van der Waals surface area contributed by atoms with Gasteiger partial charge in [-0.3, -0.25) is 4.79 Å². The highest BCUT2D eigenvalue weighted by Crippen LogP contribution is 2.22. The Balaban J connectivity index is 2.08. The van der Waals surface area contributed by atoms with Crippen molar-refractivity contribution in [2.75, 3.05) is 24.7 Å². The fourth-order valence-electron chi connectivity index (χ4n) is 2.00. The zero-order valence-corrected chi connectivity index (χ0v) is 11.6. The quantitative estimate of drug-likeness (QED) is 0.924. The highest BCUT2D eigenvalue weighted by Gasteiger charge is 2.29. The summed E-state index contributed by atoms with van der Waals surface area (Å²) in [7, 11) is 0. The number of aliphatic hydroxyl groups is 1. The van der Waals surface area contributed by atoms with E-state index in [1.807, 2.05) is 24.3 Å². The first-order valence-corrected chi connectivity index (χ1v) is 6.81. The maximum absolute atomic E-state index is 12.2. The number of anilines is 1. The van der Waals surface area contributed by atoms with Gasteiger partial charge in [-0.15, -0.1) is 0 Å². The summed E-state index contributed by atoms with van der Waals surface area (Å²) in [5, 5.41) is 8.81. The molecule has 1 aliphatic heterocycles. The van der Waals surface area contributed by atoms with Crippen LogP contribution >= 0.6 is 15.9 Å². The van der Waals surface area contributed by atoms with Crippen molar-refractivity contribution in [3.05, 3.63) is 28.7 Å². The van der Waals surface area contributed by atoms with Crippen LogP contribution in [0.5, 0.6) is 0 Å². The summed E-state index contributed by atoms with van der Waals surface area (Å²) in [5.74, 6) is -0.0166. The number of ether oxygens (including phenoxy) is 1. The molecule has 1 amide bonds. The number of carbonyl (C=O) groups is 1. The van der Waals surface area contributed by atoms with Crippen LogP contribution in [0, 0.1) is 0 Å². The Kier molecular flexibility index (Phi) is 4.74. The molecule has 4 nitrogen and oxygen atoms in total. The predicted molar refractivity (Wildman–Crippen MR) is 72.6 cm³/mol. The monoisotopic (exact) mass is 313 g/mol. The second-order valence-electron chi connectivity index (χ2n) is 4.19. The van der Waals surface area contributed by atoms with E-state index >= 15 is 0 Å². The minimum absolute atomic E-state index is 0.0166. The first-order chi connectivity index (χ1) is 8.72. The number of aliphatic hydroxyl groups excluding tert-OH is 1. The lowest BCUT2D eigenvalue weighted by atomic mass is 10.1. The van der Waals surface area contributed by atoms with Gasteiger partial charge in [-0.2, -0.15) is 0 Å². The lowest BCUT2D eigenvalue weighted by molar-refractivity contribution is -0.134. The van der Waals surface area contributed by atoms with E-state index in [1.165, 1.54) is 0 Å². The number of carbonyl (C=O) groups excluding carboxylic acids is 1. The third-order valence-electron chi connectivity index (χ3n) is 2.94. The van der Waals surface area contributed by atoms with Crippen molar-refractivity contribution in [2.24, 2.45) is 0 Å². The van der Waals surface area contributed by atoms with E-state index in [-0.39, 0.29) is 12.5 Å².